The average Bonchev–Trinajstić information content (AvgIpc) is 2.41. The Morgan fingerprint density at radius 2 is 2.06 bits per heavy atom. The van der Waals surface area contributed by atoms with Gasteiger partial charge < -0.3 is 4.90 Å². The first-order valence-electron chi connectivity index (χ1n) is 6.53. The van der Waals surface area contributed by atoms with Crippen LogP contribution < -0.4 is 0 Å². The summed E-state index contributed by atoms with van der Waals surface area (Å²) in [6.45, 7) is 3.11. The van der Waals surface area contributed by atoms with Crippen molar-refractivity contribution in [1.29, 1.82) is 0 Å². The molecule has 1 amide bonds. The number of fused-ring (bicyclic) bond motifs is 1. The Kier molecular flexibility index (Phi) is 2.30. The number of carbonyl (C=O) groups excluding carboxylic acids is 2. The zero-order valence-corrected chi connectivity index (χ0v) is 9.82. The van der Waals surface area contributed by atoms with Gasteiger partial charge in [-0.25, -0.2) is 0 Å². The van der Waals surface area contributed by atoms with Crippen molar-refractivity contribution in [1.82, 2.24) is 4.90 Å². The second-order valence-electron chi connectivity index (χ2n) is 5.62. The highest BCUT2D eigenvalue weighted by Gasteiger charge is 2.51. The van der Waals surface area contributed by atoms with Gasteiger partial charge in [0.2, 0.25) is 5.91 Å². The number of piperidine rings is 2. The molecule has 3 aliphatic heterocycles. The predicted octanol–water partition coefficient (Wildman–Crippen LogP) is 1.61. The topological polar surface area (TPSA) is 37.4 Å². The number of rotatable bonds is 1. The van der Waals surface area contributed by atoms with E-state index in [0.717, 1.165) is 19.4 Å². The summed E-state index contributed by atoms with van der Waals surface area (Å²) in [7, 11) is 0. The van der Waals surface area contributed by atoms with E-state index in [1.807, 2.05) is 4.90 Å². The third-order valence-electron chi connectivity index (χ3n) is 4.78. The maximum atomic E-state index is 12.0. The molecule has 1 saturated carbocycles. The van der Waals surface area contributed by atoms with E-state index in [1.54, 1.807) is 0 Å². The van der Waals surface area contributed by atoms with E-state index in [2.05, 4.69) is 6.92 Å². The SMILES string of the molecule is CC[C@@H]1C[C@H]2C[C@@H]3C(=O)CCC(=O)N(C2)[C@H]13. The van der Waals surface area contributed by atoms with Crippen molar-refractivity contribution in [2.45, 2.75) is 45.1 Å². The van der Waals surface area contributed by atoms with Crippen LogP contribution in [0.3, 0.4) is 0 Å². The molecule has 88 valence electrons. The Balaban J connectivity index is 1.98. The summed E-state index contributed by atoms with van der Waals surface area (Å²) in [5, 5.41) is 0. The van der Waals surface area contributed by atoms with E-state index in [-0.39, 0.29) is 17.9 Å². The van der Waals surface area contributed by atoms with Gasteiger partial charge in [-0.15, -0.1) is 0 Å². The fraction of sp³-hybridized carbons (Fsp3) is 0.846. The van der Waals surface area contributed by atoms with Crippen LogP contribution in [0, 0.1) is 17.8 Å². The second-order valence-corrected chi connectivity index (χ2v) is 5.62. The van der Waals surface area contributed by atoms with Crippen molar-refractivity contribution in [3.05, 3.63) is 0 Å². The van der Waals surface area contributed by atoms with Crippen LogP contribution in [0.2, 0.25) is 0 Å². The van der Waals surface area contributed by atoms with Crippen LogP contribution in [0.5, 0.6) is 0 Å². The normalized spacial score (nSPS) is 42.4. The zero-order chi connectivity index (χ0) is 11.3. The van der Waals surface area contributed by atoms with Gasteiger partial charge >= 0.3 is 0 Å². The Morgan fingerprint density at radius 1 is 1.25 bits per heavy atom. The second kappa shape index (κ2) is 3.57. The Labute approximate surface area is 96.2 Å². The molecule has 0 spiro atoms. The van der Waals surface area contributed by atoms with E-state index in [4.69, 9.17) is 0 Å². The number of ketones is 1. The van der Waals surface area contributed by atoms with Crippen molar-refractivity contribution in [2.75, 3.05) is 6.54 Å². The number of amides is 1. The third kappa shape index (κ3) is 1.33. The summed E-state index contributed by atoms with van der Waals surface area (Å²) in [6.07, 6.45) is 4.32. The van der Waals surface area contributed by atoms with Gasteiger partial charge in [-0.2, -0.15) is 0 Å². The van der Waals surface area contributed by atoms with Crippen LogP contribution in [-0.4, -0.2) is 29.2 Å². The highest BCUT2D eigenvalue weighted by Crippen LogP contribution is 2.46. The molecule has 4 aliphatic rings. The largest absolute Gasteiger partial charge is 0.338 e. The van der Waals surface area contributed by atoms with E-state index >= 15 is 0 Å². The molecule has 3 heteroatoms. The molecule has 0 unspecified atom stereocenters. The van der Waals surface area contributed by atoms with Gasteiger partial charge in [0.25, 0.3) is 0 Å². The molecule has 3 heterocycles. The molecule has 3 nitrogen and oxygen atoms in total. The quantitative estimate of drug-likeness (QED) is 0.674. The fourth-order valence-electron chi connectivity index (χ4n) is 4.07. The molecule has 4 rings (SSSR count). The number of carbonyl (C=O) groups is 2. The van der Waals surface area contributed by atoms with E-state index in [9.17, 15) is 9.59 Å². The maximum Gasteiger partial charge on any atom is 0.223 e. The molecule has 4 fully saturated rings. The van der Waals surface area contributed by atoms with Crippen molar-refractivity contribution in [2.24, 2.45) is 17.8 Å². The van der Waals surface area contributed by atoms with E-state index < -0.39 is 0 Å². The molecule has 16 heavy (non-hydrogen) atoms. The monoisotopic (exact) mass is 221 g/mol. The van der Waals surface area contributed by atoms with E-state index in [1.165, 1.54) is 6.42 Å². The van der Waals surface area contributed by atoms with Crippen molar-refractivity contribution in [3.63, 3.8) is 0 Å². The molecule has 0 N–H and O–H groups in total. The number of Topliss-reactive ketones (excluding diaryl/α,β-unsaturated/α-hetero) is 1. The van der Waals surface area contributed by atoms with Crippen LogP contribution in [0.25, 0.3) is 0 Å². The van der Waals surface area contributed by atoms with Gasteiger partial charge in [0.1, 0.15) is 5.78 Å². The fourth-order valence-corrected chi connectivity index (χ4v) is 4.07. The van der Waals surface area contributed by atoms with Crippen LogP contribution in [0.1, 0.15) is 39.0 Å². The van der Waals surface area contributed by atoms with Crippen LogP contribution >= 0.6 is 0 Å². The first-order valence-corrected chi connectivity index (χ1v) is 6.53. The maximum absolute atomic E-state index is 12.0. The van der Waals surface area contributed by atoms with Gasteiger partial charge in [-0.05, 0) is 24.7 Å². The highest BCUT2D eigenvalue weighted by atomic mass is 16.2. The standard InChI is InChI=1S/C13H19NO2/c1-2-9-5-8-6-10-11(15)3-4-12(16)14(7-8)13(9)10/h8-10,13H,2-7H2,1H3/t8-,9+,10+,13+/m0/s1. The first kappa shape index (κ1) is 10.3. The lowest BCUT2D eigenvalue weighted by Gasteiger charge is -2.52. The van der Waals surface area contributed by atoms with Gasteiger partial charge in [0.15, 0.2) is 0 Å². The van der Waals surface area contributed by atoms with Gasteiger partial charge in [0.05, 0.1) is 0 Å². The summed E-state index contributed by atoms with van der Waals surface area (Å²) < 4.78 is 0. The first-order chi connectivity index (χ1) is 7.70. The van der Waals surface area contributed by atoms with Crippen LogP contribution in [0.15, 0.2) is 0 Å². The molecule has 4 atom stereocenters. The number of hydrogen-bond acceptors (Lipinski definition) is 2. The minimum Gasteiger partial charge on any atom is -0.338 e. The van der Waals surface area contributed by atoms with Crippen molar-refractivity contribution < 1.29 is 9.59 Å². The van der Waals surface area contributed by atoms with Crippen molar-refractivity contribution in [3.8, 4) is 0 Å². The highest BCUT2D eigenvalue weighted by molar-refractivity contribution is 5.90. The molecule has 1 aliphatic carbocycles. The van der Waals surface area contributed by atoms with Gasteiger partial charge in [0, 0.05) is 31.3 Å². The average molecular weight is 221 g/mol. The summed E-state index contributed by atoms with van der Waals surface area (Å²) in [5.74, 6) is 1.91. The summed E-state index contributed by atoms with van der Waals surface area (Å²) in [4.78, 5) is 26.1. The zero-order valence-electron chi connectivity index (χ0n) is 9.82. The molecule has 0 aromatic carbocycles. The lowest BCUT2D eigenvalue weighted by atomic mass is 9.65. The molecule has 0 radical (unpaired) electrons. The van der Waals surface area contributed by atoms with Gasteiger partial charge in [-0.1, -0.05) is 13.3 Å². The Morgan fingerprint density at radius 3 is 2.81 bits per heavy atom. The van der Waals surface area contributed by atoms with E-state index in [0.29, 0.717) is 30.5 Å². The lowest BCUT2D eigenvalue weighted by molar-refractivity contribution is -0.145. The number of hydrogen-bond donors (Lipinski definition) is 0. The molecule has 3 saturated heterocycles. The van der Waals surface area contributed by atoms with Gasteiger partial charge in [-0.3, -0.25) is 9.59 Å². The smallest absolute Gasteiger partial charge is 0.223 e. The summed E-state index contributed by atoms with van der Waals surface area (Å²) in [6, 6.07) is 0.248. The molecule has 0 aromatic heterocycles. The summed E-state index contributed by atoms with van der Waals surface area (Å²) >= 11 is 0. The van der Waals surface area contributed by atoms with Crippen LogP contribution in [0.4, 0.5) is 0 Å². The Bertz CT molecular complexity index is 313. The summed E-state index contributed by atoms with van der Waals surface area (Å²) in [5.41, 5.74) is 0. The third-order valence-corrected chi connectivity index (χ3v) is 4.78. The Hall–Kier alpha value is -0.860. The van der Waals surface area contributed by atoms with Crippen molar-refractivity contribution >= 4 is 11.7 Å². The molecular weight excluding hydrogens is 202 g/mol. The minimum atomic E-state index is 0.170. The number of nitrogens with zero attached hydrogens (tertiary/aromatic N) is 1. The molecule has 0 aromatic rings. The minimum absolute atomic E-state index is 0.170. The molecule has 4 bridgehead atoms. The molecular formula is C13H19NO2. The lowest BCUT2D eigenvalue weighted by Crippen LogP contribution is -2.59. The predicted molar refractivity (Wildman–Crippen MR) is 59.7 cm³/mol. The van der Waals surface area contributed by atoms with Crippen LogP contribution in [-0.2, 0) is 9.59 Å².